The Kier molecular flexibility index (Phi) is 6.89. The quantitative estimate of drug-likeness (QED) is 0.672. The summed E-state index contributed by atoms with van der Waals surface area (Å²) in [6.45, 7) is 1.66. The molecular weight excluding hydrogens is 244 g/mol. The lowest BCUT2D eigenvalue weighted by Crippen LogP contribution is -2.05. The summed E-state index contributed by atoms with van der Waals surface area (Å²) >= 11 is 0. The van der Waals surface area contributed by atoms with Gasteiger partial charge in [-0.15, -0.1) is 0 Å². The van der Waals surface area contributed by atoms with Crippen LogP contribution < -0.4 is 25.3 Å². The summed E-state index contributed by atoms with van der Waals surface area (Å²) in [6.07, 6.45) is 3.29. The topological polar surface area (TPSA) is 65.7 Å². The van der Waals surface area contributed by atoms with Crippen LogP contribution in [0.4, 0.5) is 5.69 Å². The monoisotopic (exact) mass is 268 g/mol. The summed E-state index contributed by atoms with van der Waals surface area (Å²) in [6, 6.07) is 3.81. The number of rotatable bonds is 9. The van der Waals surface area contributed by atoms with E-state index in [1.165, 1.54) is 0 Å². The minimum Gasteiger partial charge on any atom is -0.493 e. The second-order valence-corrected chi connectivity index (χ2v) is 4.19. The molecule has 5 heteroatoms. The first-order valence-electron chi connectivity index (χ1n) is 6.50. The molecule has 0 aliphatic carbocycles. The smallest absolute Gasteiger partial charge is 0.203 e. The SMILES string of the molecule is COc1cc(NCCCCCN)cc(OC)c1OC. The second-order valence-electron chi connectivity index (χ2n) is 4.19. The molecule has 0 radical (unpaired) electrons. The number of anilines is 1. The third-order valence-corrected chi connectivity index (χ3v) is 2.87. The van der Waals surface area contributed by atoms with Crippen molar-refractivity contribution in [2.75, 3.05) is 39.7 Å². The number of nitrogens with two attached hydrogens (primary N) is 1. The molecule has 0 saturated carbocycles. The van der Waals surface area contributed by atoms with Crippen molar-refractivity contribution < 1.29 is 14.2 Å². The Morgan fingerprint density at radius 1 is 0.947 bits per heavy atom. The van der Waals surface area contributed by atoms with Gasteiger partial charge in [-0.25, -0.2) is 0 Å². The molecular formula is C14H24N2O3. The highest BCUT2D eigenvalue weighted by molar-refractivity contribution is 5.62. The predicted octanol–water partition coefficient (Wildman–Crippen LogP) is 2.25. The standard InChI is InChI=1S/C14H24N2O3/c1-17-12-9-11(16-8-6-4-5-7-15)10-13(18-2)14(12)19-3/h9-10,16H,4-8,15H2,1-3H3. The van der Waals surface area contributed by atoms with Crippen molar-refractivity contribution in [2.45, 2.75) is 19.3 Å². The first-order valence-corrected chi connectivity index (χ1v) is 6.50. The molecule has 3 N–H and O–H groups in total. The van der Waals surface area contributed by atoms with E-state index in [2.05, 4.69) is 5.32 Å². The van der Waals surface area contributed by atoms with Crippen LogP contribution in [0.5, 0.6) is 17.2 Å². The van der Waals surface area contributed by atoms with E-state index in [0.29, 0.717) is 17.2 Å². The maximum Gasteiger partial charge on any atom is 0.203 e. The van der Waals surface area contributed by atoms with Crippen LogP contribution in [0.1, 0.15) is 19.3 Å². The zero-order chi connectivity index (χ0) is 14.1. The lowest BCUT2D eigenvalue weighted by molar-refractivity contribution is 0.324. The van der Waals surface area contributed by atoms with E-state index in [9.17, 15) is 0 Å². The van der Waals surface area contributed by atoms with Crippen molar-refractivity contribution in [3.05, 3.63) is 12.1 Å². The third kappa shape index (κ3) is 4.52. The first-order chi connectivity index (χ1) is 9.26. The zero-order valence-electron chi connectivity index (χ0n) is 12.0. The number of unbranched alkanes of at least 4 members (excludes halogenated alkanes) is 2. The van der Waals surface area contributed by atoms with Crippen LogP contribution in [-0.4, -0.2) is 34.4 Å². The van der Waals surface area contributed by atoms with Crippen LogP contribution in [0.15, 0.2) is 12.1 Å². The van der Waals surface area contributed by atoms with Crippen molar-refractivity contribution in [2.24, 2.45) is 5.73 Å². The predicted molar refractivity (Wildman–Crippen MR) is 77.5 cm³/mol. The number of methoxy groups -OCH3 is 3. The lowest BCUT2D eigenvalue weighted by atomic mass is 10.2. The Morgan fingerprint density at radius 3 is 2.05 bits per heavy atom. The first kappa shape index (κ1) is 15.4. The number of ether oxygens (including phenoxy) is 3. The lowest BCUT2D eigenvalue weighted by Gasteiger charge is -2.15. The fraction of sp³-hybridized carbons (Fsp3) is 0.571. The van der Waals surface area contributed by atoms with Crippen molar-refractivity contribution in [1.29, 1.82) is 0 Å². The summed E-state index contributed by atoms with van der Waals surface area (Å²) in [5, 5.41) is 3.35. The van der Waals surface area contributed by atoms with E-state index in [0.717, 1.165) is 38.0 Å². The molecule has 1 aromatic carbocycles. The van der Waals surface area contributed by atoms with Gasteiger partial charge in [0.2, 0.25) is 5.75 Å². The van der Waals surface area contributed by atoms with Crippen LogP contribution >= 0.6 is 0 Å². The van der Waals surface area contributed by atoms with Gasteiger partial charge in [-0.2, -0.15) is 0 Å². The van der Waals surface area contributed by atoms with Crippen molar-refractivity contribution in [3.8, 4) is 17.2 Å². The molecule has 0 fully saturated rings. The molecule has 0 unspecified atom stereocenters. The van der Waals surface area contributed by atoms with Crippen molar-refractivity contribution in [3.63, 3.8) is 0 Å². The summed E-state index contributed by atoms with van der Waals surface area (Å²) < 4.78 is 15.9. The van der Waals surface area contributed by atoms with Gasteiger partial charge in [-0.3, -0.25) is 0 Å². The molecule has 108 valence electrons. The normalized spacial score (nSPS) is 10.1. The van der Waals surface area contributed by atoms with E-state index in [1.807, 2.05) is 12.1 Å². The Balaban J connectivity index is 2.68. The third-order valence-electron chi connectivity index (χ3n) is 2.87. The molecule has 1 aromatic rings. The Morgan fingerprint density at radius 2 is 1.58 bits per heavy atom. The molecule has 0 amide bonds. The van der Waals surface area contributed by atoms with Gasteiger partial charge in [0, 0.05) is 24.4 Å². The number of benzene rings is 1. The highest BCUT2D eigenvalue weighted by Gasteiger charge is 2.12. The summed E-state index contributed by atoms with van der Waals surface area (Å²) in [4.78, 5) is 0. The minimum atomic E-state index is 0.610. The van der Waals surface area contributed by atoms with E-state index < -0.39 is 0 Å². The maximum atomic E-state index is 5.46. The number of hydrogen-bond donors (Lipinski definition) is 2. The van der Waals surface area contributed by atoms with Gasteiger partial charge in [-0.05, 0) is 19.4 Å². The average Bonchev–Trinajstić information content (AvgIpc) is 2.45. The molecule has 0 aliphatic rings. The highest BCUT2D eigenvalue weighted by atomic mass is 16.5. The molecule has 0 bridgehead atoms. The maximum absolute atomic E-state index is 5.46. The molecule has 1 rings (SSSR count). The molecule has 0 aromatic heterocycles. The molecule has 5 nitrogen and oxygen atoms in total. The fourth-order valence-electron chi connectivity index (χ4n) is 1.86. The van der Waals surface area contributed by atoms with Gasteiger partial charge in [-0.1, -0.05) is 6.42 Å². The van der Waals surface area contributed by atoms with Gasteiger partial charge >= 0.3 is 0 Å². The van der Waals surface area contributed by atoms with Gasteiger partial charge in [0.05, 0.1) is 21.3 Å². The molecule has 19 heavy (non-hydrogen) atoms. The largest absolute Gasteiger partial charge is 0.493 e. The Hall–Kier alpha value is -1.62. The van der Waals surface area contributed by atoms with Crippen LogP contribution in [-0.2, 0) is 0 Å². The Labute approximate surface area is 115 Å². The van der Waals surface area contributed by atoms with Crippen LogP contribution in [0.3, 0.4) is 0 Å². The number of hydrogen-bond acceptors (Lipinski definition) is 5. The molecule has 0 spiro atoms. The van der Waals surface area contributed by atoms with Gasteiger partial charge in [0.1, 0.15) is 0 Å². The van der Waals surface area contributed by atoms with E-state index >= 15 is 0 Å². The van der Waals surface area contributed by atoms with E-state index in [-0.39, 0.29) is 0 Å². The average molecular weight is 268 g/mol. The van der Waals surface area contributed by atoms with Gasteiger partial charge in [0.25, 0.3) is 0 Å². The summed E-state index contributed by atoms with van der Waals surface area (Å²) in [5.74, 6) is 1.93. The van der Waals surface area contributed by atoms with Crippen molar-refractivity contribution in [1.82, 2.24) is 0 Å². The molecule has 0 atom stereocenters. The number of nitrogens with one attached hydrogen (secondary N) is 1. The second kappa shape index (κ2) is 8.48. The molecule has 0 aliphatic heterocycles. The van der Waals surface area contributed by atoms with E-state index in [4.69, 9.17) is 19.9 Å². The van der Waals surface area contributed by atoms with Gasteiger partial charge in [0.15, 0.2) is 11.5 Å². The fourth-order valence-corrected chi connectivity index (χ4v) is 1.86. The van der Waals surface area contributed by atoms with E-state index in [1.54, 1.807) is 21.3 Å². The van der Waals surface area contributed by atoms with Crippen LogP contribution in [0, 0.1) is 0 Å². The Bertz CT molecular complexity index is 358. The molecule has 0 saturated heterocycles. The zero-order valence-corrected chi connectivity index (χ0v) is 12.0. The minimum absolute atomic E-state index is 0.610. The summed E-state index contributed by atoms with van der Waals surface area (Å²) in [7, 11) is 4.82. The summed E-state index contributed by atoms with van der Waals surface area (Å²) in [5.41, 5.74) is 6.42. The van der Waals surface area contributed by atoms with Crippen LogP contribution in [0.25, 0.3) is 0 Å². The van der Waals surface area contributed by atoms with Crippen molar-refractivity contribution >= 4 is 5.69 Å². The highest BCUT2D eigenvalue weighted by Crippen LogP contribution is 2.39. The van der Waals surface area contributed by atoms with Gasteiger partial charge < -0.3 is 25.3 Å². The molecule has 0 heterocycles. The van der Waals surface area contributed by atoms with Crippen LogP contribution in [0.2, 0.25) is 0 Å².